The third-order valence-corrected chi connectivity index (χ3v) is 5.58. The van der Waals surface area contributed by atoms with Gasteiger partial charge in [-0.2, -0.15) is 0 Å². The maximum absolute atomic E-state index is 12.7. The number of anilines is 2. The first-order valence-electron chi connectivity index (χ1n) is 10.3. The third-order valence-electron chi connectivity index (χ3n) is 5.58. The number of piperidine rings is 1. The quantitative estimate of drug-likeness (QED) is 0.463. The van der Waals surface area contributed by atoms with Crippen molar-refractivity contribution in [1.29, 1.82) is 0 Å². The fourth-order valence-corrected chi connectivity index (χ4v) is 3.84. The predicted molar refractivity (Wildman–Crippen MR) is 121 cm³/mol. The van der Waals surface area contributed by atoms with Crippen LogP contribution in [0.25, 0.3) is 11.3 Å². The molecule has 0 atom stereocenters. The highest BCUT2D eigenvalue weighted by Crippen LogP contribution is 2.30. The number of ether oxygens (including phenoxy) is 1. The van der Waals surface area contributed by atoms with Gasteiger partial charge in [-0.05, 0) is 43.2 Å². The lowest BCUT2D eigenvalue weighted by Gasteiger charge is -2.31. The molecule has 1 aliphatic heterocycles. The van der Waals surface area contributed by atoms with E-state index < -0.39 is 4.92 Å². The number of para-hydroxylation sites is 3. The van der Waals surface area contributed by atoms with Gasteiger partial charge in [0, 0.05) is 30.6 Å². The Labute approximate surface area is 185 Å². The molecule has 0 radical (unpaired) electrons. The largest absolute Gasteiger partial charge is 0.496 e. The van der Waals surface area contributed by atoms with Crippen LogP contribution in [0.5, 0.6) is 5.75 Å². The number of nitrogens with one attached hydrogen (secondary N) is 1. The maximum atomic E-state index is 12.7. The topological polar surface area (TPSA) is 110 Å². The van der Waals surface area contributed by atoms with Crippen molar-refractivity contribution in [2.75, 3.05) is 30.4 Å². The van der Waals surface area contributed by atoms with Gasteiger partial charge in [-0.25, -0.2) is 0 Å². The molecule has 0 saturated carbocycles. The van der Waals surface area contributed by atoms with Crippen molar-refractivity contribution in [2.24, 2.45) is 5.92 Å². The molecule has 1 aromatic heterocycles. The van der Waals surface area contributed by atoms with Crippen LogP contribution in [-0.4, -0.2) is 41.2 Å². The van der Waals surface area contributed by atoms with E-state index in [-0.39, 0.29) is 23.2 Å². The molecule has 9 heteroatoms. The smallest absolute Gasteiger partial charge is 0.292 e. The van der Waals surface area contributed by atoms with Crippen LogP contribution in [0, 0.1) is 16.0 Å². The van der Waals surface area contributed by atoms with Crippen molar-refractivity contribution in [3.8, 4) is 17.0 Å². The molecule has 1 fully saturated rings. The predicted octanol–water partition coefficient (Wildman–Crippen LogP) is 3.92. The van der Waals surface area contributed by atoms with Crippen molar-refractivity contribution in [3.63, 3.8) is 0 Å². The Morgan fingerprint density at radius 2 is 1.78 bits per heavy atom. The Bertz CT molecular complexity index is 1110. The molecule has 0 aliphatic carbocycles. The molecule has 0 bridgehead atoms. The minimum Gasteiger partial charge on any atom is -0.496 e. The molecule has 2 heterocycles. The van der Waals surface area contributed by atoms with E-state index in [1.807, 2.05) is 36.4 Å². The van der Waals surface area contributed by atoms with Crippen LogP contribution in [0.15, 0.2) is 60.7 Å². The zero-order valence-electron chi connectivity index (χ0n) is 17.6. The Morgan fingerprint density at radius 1 is 1.06 bits per heavy atom. The Hall–Kier alpha value is -4.01. The van der Waals surface area contributed by atoms with Crippen molar-refractivity contribution in [3.05, 3.63) is 70.8 Å². The lowest BCUT2D eigenvalue weighted by atomic mass is 9.95. The summed E-state index contributed by atoms with van der Waals surface area (Å²) in [5, 5.41) is 22.6. The van der Waals surface area contributed by atoms with Gasteiger partial charge in [0.2, 0.25) is 5.91 Å². The zero-order valence-corrected chi connectivity index (χ0v) is 17.6. The molecule has 0 spiro atoms. The van der Waals surface area contributed by atoms with Gasteiger partial charge in [0.15, 0.2) is 5.82 Å². The van der Waals surface area contributed by atoms with Gasteiger partial charge < -0.3 is 15.0 Å². The first-order chi connectivity index (χ1) is 15.6. The fourth-order valence-electron chi connectivity index (χ4n) is 3.84. The molecular weight excluding hydrogens is 410 g/mol. The minimum absolute atomic E-state index is 0.108. The molecule has 1 N–H and O–H groups in total. The minimum atomic E-state index is -0.494. The van der Waals surface area contributed by atoms with E-state index in [0.29, 0.717) is 25.9 Å². The van der Waals surface area contributed by atoms with Crippen molar-refractivity contribution in [1.82, 2.24) is 10.2 Å². The fraction of sp³-hybridized carbons (Fsp3) is 0.261. The summed E-state index contributed by atoms with van der Waals surface area (Å²) >= 11 is 0. The molecule has 1 amide bonds. The molecule has 4 rings (SSSR count). The summed E-state index contributed by atoms with van der Waals surface area (Å²) in [6.45, 7) is 1.30. The molecule has 32 heavy (non-hydrogen) atoms. The molecule has 1 aliphatic rings. The molecule has 2 aromatic carbocycles. The lowest BCUT2D eigenvalue weighted by molar-refractivity contribution is -0.383. The summed E-state index contributed by atoms with van der Waals surface area (Å²) in [5.74, 6) is 1.07. The summed E-state index contributed by atoms with van der Waals surface area (Å²) < 4.78 is 5.39. The molecule has 164 valence electrons. The van der Waals surface area contributed by atoms with Crippen molar-refractivity contribution >= 4 is 23.1 Å². The van der Waals surface area contributed by atoms with Crippen LogP contribution in [0.4, 0.5) is 17.2 Å². The van der Waals surface area contributed by atoms with Gasteiger partial charge in [-0.1, -0.05) is 24.3 Å². The summed E-state index contributed by atoms with van der Waals surface area (Å²) in [7, 11) is 1.62. The number of methoxy groups -OCH3 is 1. The van der Waals surface area contributed by atoms with Gasteiger partial charge in [-0.3, -0.25) is 14.9 Å². The van der Waals surface area contributed by atoms with E-state index in [2.05, 4.69) is 20.4 Å². The average molecular weight is 433 g/mol. The zero-order chi connectivity index (χ0) is 22.5. The van der Waals surface area contributed by atoms with Crippen LogP contribution >= 0.6 is 0 Å². The SMILES string of the molecule is COc1ccccc1-c1ccc(N2CCC(C(=O)Nc3ccccc3[N+](=O)[O-])CC2)nn1. The molecule has 9 nitrogen and oxygen atoms in total. The van der Waals surface area contributed by atoms with E-state index >= 15 is 0 Å². The van der Waals surface area contributed by atoms with Crippen molar-refractivity contribution < 1.29 is 14.5 Å². The number of aromatic nitrogens is 2. The number of carbonyl (C=O) groups is 1. The maximum Gasteiger partial charge on any atom is 0.292 e. The standard InChI is InChI=1S/C23H23N5O4/c1-32-21-9-5-2-6-17(21)18-10-11-22(26-25-18)27-14-12-16(13-15-27)23(29)24-19-7-3-4-8-20(19)28(30)31/h2-11,16H,12-15H2,1H3,(H,24,29). The van der Waals surface area contributed by atoms with Crippen LogP contribution in [-0.2, 0) is 4.79 Å². The Balaban J connectivity index is 1.38. The molecule has 1 saturated heterocycles. The number of nitro benzene ring substituents is 1. The number of nitro groups is 1. The summed E-state index contributed by atoms with van der Waals surface area (Å²) in [4.78, 5) is 25.4. The second-order valence-corrected chi connectivity index (χ2v) is 7.50. The number of benzene rings is 2. The number of amides is 1. The second kappa shape index (κ2) is 9.42. The number of carbonyl (C=O) groups excluding carboxylic acids is 1. The first kappa shape index (κ1) is 21.2. The van der Waals surface area contributed by atoms with Crippen LogP contribution < -0.4 is 15.0 Å². The van der Waals surface area contributed by atoms with Crippen LogP contribution in [0.1, 0.15) is 12.8 Å². The van der Waals surface area contributed by atoms with Gasteiger partial charge >= 0.3 is 0 Å². The highest BCUT2D eigenvalue weighted by Gasteiger charge is 2.27. The highest BCUT2D eigenvalue weighted by molar-refractivity contribution is 5.94. The van der Waals surface area contributed by atoms with Gasteiger partial charge in [0.25, 0.3) is 5.69 Å². The van der Waals surface area contributed by atoms with E-state index in [1.54, 1.807) is 25.3 Å². The lowest BCUT2D eigenvalue weighted by Crippen LogP contribution is -2.38. The van der Waals surface area contributed by atoms with Crippen molar-refractivity contribution in [2.45, 2.75) is 12.8 Å². The van der Waals surface area contributed by atoms with Gasteiger partial charge in [0.05, 0.1) is 17.7 Å². The highest BCUT2D eigenvalue weighted by atomic mass is 16.6. The average Bonchev–Trinajstić information content (AvgIpc) is 2.84. The van der Waals surface area contributed by atoms with E-state index in [1.165, 1.54) is 6.07 Å². The Morgan fingerprint density at radius 3 is 2.47 bits per heavy atom. The van der Waals surface area contributed by atoms with E-state index in [0.717, 1.165) is 22.8 Å². The Kier molecular flexibility index (Phi) is 6.25. The second-order valence-electron chi connectivity index (χ2n) is 7.50. The summed E-state index contributed by atoms with van der Waals surface area (Å²) in [5.41, 5.74) is 1.72. The molecule has 0 unspecified atom stereocenters. The van der Waals surface area contributed by atoms with E-state index in [4.69, 9.17) is 4.74 Å². The normalized spacial score (nSPS) is 14.1. The number of nitrogens with zero attached hydrogens (tertiary/aromatic N) is 4. The summed E-state index contributed by atoms with van der Waals surface area (Å²) in [6, 6.07) is 17.6. The number of hydrogen-bond donors (Lipinski definition) is 1. The van der Waals surface area contributed by atoms with Gasteiger partial charge in [0.1, 0.15) is 11.4 Å². The van der Waals surface area contributed by atoms with Crippen LogP contribution in [0.3, 0.4) is 0 Å². The summed E-state index contributed by atoms with van der Waals surface area (Å²) in [6.07, 6.45) is 1.25. The third kappa shape index (κ3) is 4.51. The molecule has 3 aromatic rings. The molecular formula is C23H23N5O4. The van der Waals surface area contributed by atoms with Gasteiger partial charge in [-0.15, -0.1) is 10.2 Å². The monoisotopic (exact) mass is 433 g/mol. The van der Waals surface area contributed by atoms with E-state index in [9.17, 15) is 14.9 Å². The number of hydrogen-bond acceptors (Lipinski definition) is 7. The first-order valence-corrected chi connectivity index (χ1v) is 10.3. The van der Waals surface area contributed by atoms with Crippen LogP contribution in [0.2, 0.25) is 0 Å². The number of rotatable bonds is 6.